The highest BCUT2D eigenvalue weighted by molar-refractivity contribution is 5.92. The third-order valence-corrected chi connectivity index (χ3v) is 4.04. The van der Waals surface area contributed by atoms with Gasteiger partial charge in [0.2, 0.25) is 0 Å². The Kier molecular flexibility index (Phi) is 4.15. The molecule has 1 N–H and O–H groups in total. The average molecular weight is 319 g/mol. The fourth-order valence-corrected chi connectivity index (χ4v) is 2.97. The van der Waals surface area contributed by atoms with E-state index in [2.05, 4.69) is 10.3 Å². The number of nitrogens with one attached hydrogen (secondary N) is 1. The molecule has 1 aromatic heterocycles. The lowest BCUT2D eigenvalue weighted by atomic mass is 9.91. The Bertz CT molecular complexity index is 739. The summed E-state index contributed by atoms with van der Waals surface area (Å²) in [4.78, 5) is 16.4. The van der Waals surface area contributed by atoms with Gasteiger partial charge in [-0.2, -0.15) is 0 Å². The highest BCUT2D eigenvalue weighted by Gasteiger charge is 2.25. The Labute approximate surface area is 133 Å². The van der Waals surface area contributed by atoms with Gasteiger partial charge in [0.1, 0.15) is 23.2 Å². The Hall–Kier alpha value is -2.24. The SMILES string of the molecule is CC(C)NC(=O)c1cn2c(n1)CCC(c1cc(F)ccc1F)C2. The topological polar surface area (TPSA) is 46.9 Å². The minimum atomic E-state index is -0.435. The van der Waals surface area contributed by atoms with Gasteiger partial charge in [0.15, 0.2) is 0 Å². The maximum absolute atomic E-state index is 14.0. The van der Waals surface area contributed by atoms with E-state index in [0.29, 0.717) is 30.6 Å². The summed E-state index contributed by atoms with van der Waals surface area (Å²) in [6.07, 6.45) is 3.01. The number of nitrogens with zero attached hydrogens (tertiary/aromatic N) is 2. The highest BCUT2D eigenvalue weighted by atomic mass is 19.1. The molecule has 1 unspecified atom stereocenters. The Morgan fingerprint density at radius 3 is 2.91 bits per heavy atom. The first-order chi connectivity index (χ1) is 10.9. The molecule has 1 aliphatic rings. The van der Waals surface area contributed by atoms with Crippen LogP contribution >= 0.6 is 0 Å². The van der Waals surface area contributed by atoms with E-state index < -0.39 is 11.6 Å². The molecule has 1 amide bonds. The van der Waals surface area contributed by atoms with Gasteiger partial charge in [-0.1, -0.05) is 0 Å². The Balaban J connectivity index is 1.82. The van der Waals surface area contributed by atoms with Crippen LogP contribution in [0.2, 0.25) is 0 Å². The second kappa shape index (κ2) is 6.10. The number of fused-ring (bicyclic) bond motifs is 1. The van der Waals surface area contributed by atoms with Crippen LogP contribution in [-0.2, 0) is 13.0 Å². The van der Waals surface area contributed by atoms with Gasteiger partial charge in [0, 0.05) is 31.1 Å². The van der Waals surface area contributed by atoms with E-state index >= 15 is 0 Å². The summed E-state index contributed by atoms with van der Waals surface area (Å²) in [7, 11) is 0. The van der Waals surface area contributed by atoms with Crippen molar-refractivity contribution in [2.75, 3.05) is 0 Å². The molecule has 0 saturated carbocycles. The molecule has 0 aliphatic carbocycles. The molecule has 2 aromatic rings. The zero-order chi connectivity index (χ0) is 16.6. The van der Waals surface area contributed by atoms with Crippen LogP contribution < -0.4 is 5.32 Å². The molecule has 0 radical (unpaired) electrons. The molecule has 6 heteroatoms. The maximum Gasteiger partial charge on any atom is 0.271 e. The van der Waals surface area contributed by atoms with E-state index in [4.69, 9.17) is 0 Å². The van der Waals surface area contributed by atoms with E-state index in [1.807, 2.05) is 18.4 Å². The second-order valence-corrected chi connectivity index (χ2v) is 6.22. The minimum Gasteiger partial charge on any atom is -0.348 e. The number of imidazole rings is 1. The van der Waals surface area contributed by atoms with Gasteiger partial charge in [-0.05, 0) is 44.0 Å². The highest BCUT2D eigenvalue weighted by Crippen LogP contribution is 2.30. The van der Waals surface area contributed by atoms with Crippen LogP contribution in [0.4, 0.5) is 8.78 Å². The van der Waals surface area contributed by atoms with Crippen molar-refractivity contribution in [3.05, 3.63) is 53.1 Å². The summed E-state index contributed by atoms with van der Waals surface area (Å²) in [5.74, 6) is -0.344. The molecule has 1 aromatic carbocycles. The van der Waals surface area contributed by atoms with Crippen LogP contribution in [0.3, 0.4) is 0 Å². The standard InChI is InChI=1S/C17H19F2N3O/c1-10(2)20-17(23)15-9-22-8-11(3-6-16(22)21-15)13-7-12(18)4-5-14(13)19/h4-5,7,9-11H,3,6,8H2,1-2H3,(H,20,23). The smallest absolute Gasteiger partial charge is 0.271 e. The normalized spacial score (nSPS) is 17.2. The van der Waals surface area contributed by atoms with Gasteiger partial charge >= 0.3 is 0 Å². The van der Waals surface area contributed by atoms with Gasteiger partial charge in [0.25, 0.3) is 5.91 Å². The number of rotatable bonds is 3. The van der Waals surface area contributed by atoms with E-state index in [-0.39, 0.29) is 17.9 Å². The summed E-state index contributed by atoms with van der Waals surface area (Å²) < 4.78 is 29.2. The van der Waals surface area contributed by atoms with Gasteiger partial charge in [-0.15, -0.1) is 0 Å². The number of hydrogen-bond donors (Lipinski definition) is 1. The van der Waals surface area contributed by atoms with Gasteiger partial charge in [0.05, 0.1) is 0 Å². The third-order valence-electron chi connectivity index (χ3n) is 4.04. The van der Waals surface area contributed by atoms with Crippen molar-refractivity contribution in [1.82, 2.24) is 14.9 Å². The molecule has 1 aliphatic heterocycles. The number of aryl methyl sites for hydroxylation is 1. The van der Waals surface area contributed by atoms with Crippen molar-refractivity contribution in [2.45, 2.75) is 45.2 Å². The summed E-state index contributed by atoms with van der Waals surface area (Å²) in [5.41, 5.74) is 0.756. The fraction of sp³-hybridized carbons (Fsp3) is 0.412. The van der Waals surface area contributed by atoms with E-state index in [1.165, 1.54) is 6.07 Å². The van der Waals surface area contributed by atoms with Crippen LogP contribution in [0.25, 0.3) is 0 Å². The van der Waals surface area contributed by atoms with Gasteiger partial charge in [-0.25, -0.2) is 13.8 Å². The zero-order valence-electron chi connectivity index (χ0n) is 13.1. The number of halogens is 2. The zero-order valence-corrected chi connectivity index (χ0v) is 13.1. The van der Waals surface area contributed by atoms with Crippen molar-refractivity contribution in [3.63, 3.8) is 0 Å². The Morgan fingerprint density at radius 2 is 2.17 bits per heavy atom. The molecule has 0 bridgehead atoms. The summed E-state index contributed by atoms with van der Waals surface area (Å²) in [6.45, 7) is 4.27. The molecular formula is C17H19F2N3O. The molecular weight excluding hydrogens is 300 g/mol. The fourth-order valence-electron chi connectivity index (χ4n) is 2.97. The predicted octanol–water partition coefficient (Wildman–Crippen LogP) is 3.03. The van der Waals surface area contributed by atoms with Crippen LogP contribution in [0.1, 0.15) is 48.1 Å². The largest absolute Gasteiger partial charge is 0.348 e. The van der Waals surface area contributed by atoms with Crippen LogP contribution in [0.5, 0.6) is 0 Å². The Morgan fingerprint density at radius 1 is 1.39 bits per heavy atom. The number of carbonyl (C=O) groups is 1. The summed E-state index contributed by atoms with van der Waals surface area (Å²) in [5, 5.41) is 2.80. The van der Waals surface area contributed by atoms with Crippen molar-refractivity contribution >= 4 is 5.91 Å². The summed E-state index contributed by atoms with van der Waals surface area (Å²) in [6, 6.07) is 3.58. The number of amides is 1. The van der Waals surface area contributed by atoms with Gasteiger partial charge in [-0.3, -0.25) is 4.79 Å². The third kappa shape index (κ3) is 3.25. The van der Waals surface area contributed by atoms with Crippen molar-refractivity contribution in [3.8, 4) is 0 Å². The summed E-state index contributed by atoms with van der Waals surface area (Å²) >= 11 is 0. The molecule has 1 atom stereocenters. The van der Waals surface area contributed by atoms with Crippen LogP contribution in [0.15, 0.2) is 24.4 Å². The van der Waals surface area contributed by atoms with E-state index in [9.17, 15) is 13.6 Å². The number of benzene rings is 1. The number of hydrogen-bond acceptors (Lipinski definition) is 2. The molecule has 3 rings (SSSR count). The first kappa shape index (κ1) is 15.6. The van der Waals surface area contributed by atoms with Crippen molar-refractivity contribution < 1.29 is 13.6 Å². The molecule has 0 saturated heterocycles. The molecule has 23 heavy (non-hydrogen) atoms. The molecule has 2 heterocycles. The van der Waals surface area contributed by atoms with Crippen molar-refractivity contribution in [1.29, 1.82) is 0 Å². The lowest BCUT2D eigenvalue weighted by molar-refractivity contribution is 0.0938. The average Bonchev–Trinajstić information content (AvgIpc) is 2.92. The minimum absolute atomic E-state index is 0.0374. The van der Waals surface area contributed by atoms with Crippen molar-refractivity contribution in [2.24, 2.45) is 0 Å². The predicted molar refractivity (Wildman–Crippen MR) is 82.2 cm³/mol. The monoisotopic (exact) mass is 319 g/mol. The quantitative estimate of drug-likeness (QED) is 0.945. The second-order valence-electron chi connectivity index (χ2n) is 6.22. The van der Waals surface area contributed by atoms with Crippen LogP contribution in [-0.4, -0.2) is 21.5 Å². The molecule has 4 nitrogen and oxygen atoms in total. The number of carbonyl (C=O) groups excluding carboxylic acids is 1. The lowest BCUT2D eigenvalue weighted by Gasteiger charge is -2.24. The first-order valence-electron chi connectivity index (χ1n) is 7.76. The van der Waals surface area contributed by atoms with Gasteiger partial charge < -0.3 is 9.88 Å². The molecule has 0 fully saturated rings. The maximum atomic E-state index is 14.0. The van der Waals surface area contributed by atoms with E-state index in [1.54, 1.807) is 6.20 Å². The lowest BCUT2D eigenvalue weighted by Crippen LogP contribution is -2.30. The molecule has 0 spiro atoms. The number of aromatic nitrogens is 2. The first-order valence-corrected chi connectivity index (χ1v) is 7.76. The molecule has 122 valence electrons. The van der Waals surface area contributed by atoms with Crippen LogP contribution in [0, 0.1) is 11.6 Å². The van der Waals surface area contributed by atoms with E-state index in [0.717, 1.165) is 18.0 Å².